The lowest BCUT2D eigenvalue weighted by molar-refractivity contribution is 1.55. The number of allylic oxidation sites excluding steroid dienone is 2. The van der Waals surface area contributed by atoms with Gasteiger partial charge in [-0.25, -0.2) is 0 Å². The van der Waals surface area contributed by atoms with Crippen molar-refractivity contribution in [3.05, 3.63) is 181 Å². The Labute approximate surface area is 213 Å². The summed E-state index contributed by atoms with van der Waals surface area (Å²) in [4.78, 5) is 0. The zero-order valence-electron chi connectivity index (χ0n) is 20.2. The van der Waals surface area contributed by atoms with Crippen molar-refractivity contribution in [1.29, 1.82) is 0 Å². The van der Waals surface area contributed by atoms with Crippen LogP contribution in [0.5, 0.6) is 0 Å². The summed E-state index contributed by atoms with van der Waals surface area (Å²) in [5, 5.41) is 5.30. The molecule has 6 aromatic rings. The lowest BCUT2D eigenvalue weighted by atomic mass is 9.97. The minimum atomic E-state index is 1.21. The first kappa shape index (κ1) is 23.1. The second-order valence-corrected chi connectivity index (χ2v) is 8.59. The molecule has 0 nitrogen and oxygen atoms in total. The summed E-state index contributed by atoms with van der Waals surface area (Å²) in [6, 6.07) is 52.7. The van der Waals surface area contributed by atoms with Gasteiger partial charge in [0.1, 0.15) is 0 Å². The first-order chi connectivity index (χ1) is 17.9. The Morgan fingerprint density at radius 2 is 0.806 bits per heavy atom. The predicted molar refractivity (Wildman–Crippen MR) is 157 cm³/mol. The van der Waals surface area contributed by atoms with E-state index in [1.165, 1.54) is 43.8 Å². The standard InChI is InChI=1S/C22H18.C14H10/c1-4-11-19(12-5-1)13-10-18-22(20-14-6-2-7-15-20)21-16-8-3-9-17-21;1-3-7-13-11(5-1)9-10-12-6-2-4-8-14(12)13/h1-18H;1-10H/b13-10+;. The third kappa shape index (κ3) is 5.68. The van der Waals surface area contributed by atoms with Crippen molar-refractivity contribution in [2.45, 2.75) is 0 Å². The van der Waals surface area contributed by atoms with Gasteiger partial charge in [0, 0.05) is 0 Å². The van der Waals surface area contributed by atoms with Gasteiger partial charge in [0.15, 0.2) is 0 Å². The van der Waals surface area contributed by atoms with E-state index in [1.54, 1.807) is 0 Å². The maximum atomic E-state index is 2.18. The highest BCUT2D eigenvalue weighted by atomic mass is 14.1. The van der Waals surface area contributed by atoms with Gasteiger partial charge in [0.05, 0.1) is 0 Å². The largest absolute Gasteiger partial charge is 0.0622 e. The van der Waals surface area contributed by atoms with Crippen molar-refractivity contribution in [3.63, 3.8) is 0 Å². The fourth-order valence-corrected chi connectivity index (χ4v) is 4.37. The van der Waals surface area contributed by atoms with E-state index in [0.29, 0.717) is 0 Å². The summed E-state index contributed by atoms with van der Waals surface area (Å²) >= 11 is 0. The second kappa shape index (κ2) is 11.6. The van der Waals surface area contributed by atoms with Gasteiger partial charge in [-0.1, -0.05) is 170 Å². The van der Waals surface area contributed by atoms with Gasteiger partial charge in [-0.15, -0.1) is 0 Å². The molecule has 0 fully saturated rings. The van der Waals surface area contributed by atoms with Crippen LogP contribution in [0.2, 0.25) is 0 Å². The molecule has 0 atom stereocenters. The first-order valence-electron chi connectivity index (χ1n) is 12.3. The Hall–Kier alpha value is -4.68. The van der Waals surface area contributed by atoms with Crippen LogP contribution in [0.15, 0.2) is 164 Å². The van der Waals surface area contributed by atoms with Crippen molar-refractivity contribution in [3.8, 4) is 0 Å². The third-order valence-electron chi connectivity index (χ3n) is 6.17. The lowest BCUT2D eigenvalue weighted by Gasteiger charge is -2.07. The van der Waals surface area contributed by atoms with Crippen molar-refractivity contribution >= 4 is 33.2 Å². The molecular formula is C36H28. The SMILES string of the molecule is C(/C=C/c1ccccc1)=C(c1ccccc1)c1ccccc1.c1ccc2c(c1)ccc1ccccc12. The van der Waals surface area contributed by atoms with E-state index in [9.17, 15) is 0 Å². The fraction of sp³-hybridized carbons (Fsp3) is 0. The van der Waals surface area contributed by atoms with Crippen LogP contribution in [0.1, 0.15) is 16.7 Å². The molecule has 36 heavy (non-hydrogen) atoms. The van der Waals surface area contributed by atoms with E-state index >= 15 is 0 Å². The summed E-state index contributed by atoms with van der Waals surface area (Å²) in [6.07, 6.45) is 6.42. The number of rotatable bonds is 4. The quantitative estimate of drug-likeness (QED) is 0.181. The monoisotopic (exact) mass is 460 g/mol. The average Bonchev–Trinajstić information content (AvgIpc) is 2.97. The molecule has 0 heteroatoms. The molecule has 0 aliphatic heterocycles. The summed E-state index contributed by atoms with van der Waals surface area (Å²) < 4.78 is 0. The molecule has 0 aliphatic rings. The van der Waals surface area contributed by atoms with Crippen LogP contribution in [0.4, 0.5) is 0 Å². The van der Waals surface area contributed by atoms with Crippen LogP contribution < -0.4 is 0 Å². The van der Waals surface area contributed by atoms with Gasteiger partial charge < -0.3 is 0 Å². The lowest BCUT2D eigenvalue weighted by Crippen LogP contribution is -1.86. The molecule has 0 aromatic heterocycles. The molecule has 0 aliphatic carbocycles. The minimum absolute atomic E-state index is 1.21. The summed E-state index contributed by atoms with van der Waals surface area (Å²) in [5.74, 6) is 0. The fourth-order valence-electron chi connectivity index (χ4n) is 4.37. The molecule has 0 spiro atoms. The molecule has 6 rings (SSSR count). The van der Waals surface area contributed by atoms with E-state index in [0.717, 1.165) is 0 Å². The Morgan fingerprint density at radius 1 is 0.389 bits per heavy atom. The predicted octanol–water partition coefficient (Wildman–Crippen LogP) is 9.82. The van der Waals surface area contributed by atoms with E-state index in [2.05, 4.69) is 152 Å². The molecule has 0 amide bonds. The van der Waals surface area contributed by atoms with Crippen LogP contribution in [0.3, 0.4) is 0 Å². The molecule has 172 valence electrons. The van der Waals surface area contributed by atoms with Crippen LogP contribution in [0.25, 0.3) is 33.2 Å². The molecule has 0 saturated carbocycles. The van der Waals surface area contributed by atoms with Crippen molar-refractivity contribution in [1.82, 2.24) is 0 Å². The normalized spacial score (nSPS) is 10.7. The molecule has 0 radical (unpaired) electrons. The average molecular weight is 461 g/mol. The number of benzene rings is 6. The smallest absolute Gasteiger partial charge is 0.0105 e. The molecular weight excluding hydrogens is 432 g/mol. The van der Waals surface area contributed by atoms with Gasteiger partial charge >= 0.3 is 0 Å². The third-order valence-corrected chi connectivity index (χ3v) is 6.17. The van der Waals surface area contributed by atoms with Crippen LogP contribution in [-0.2, 0) is 0 Å². The van der Waals surface area contributed by atoms with Crippen LogP contribution >= 0.6 is 0 Å². The second-order valence-electron chi connectivity index (χ2n) is 8.59. The Kier molecular flexibility index (Phi) is 7.46. The Morgan fingerprint density at radius 3 is 1.31 bits per heavy atom. The van der Waals surface area contributed by atoms with E-state index in [-0.39, 0.29) is 0 Å². The molecule has 6 aromatic carbocycles. The Bertz CT molecular complexity index is 1500. The number of hydrogen-bond donors (Lipinski definition) is 0. The van der Waals surface area contributed by atoms with E-state index in [1.807, 2.05) is 18.2 Å². The van der Waals surface area contributed by atoms with Gasteiger partial charge in [-0.2, -0.15) is 0 Å². The van der Waals surface area contributed by atoms with Gasteiger partial charge in [-0.3, -0.25) is 0 Å². The summed E-state index contributed by atoms with van der Waals surface area (Å²) in [6.45, 7) is 0. The van der Waals surface area contributed by atoms with Crippen LogP contribution in [-0.4, -0.2) is 0 Å². The van der Waals surface area contributed by atoms with Crippen molar-refractivity contribution in [2.24, 2.45) is 0 Å². The maximum absolute atomic E-state index is 2.18. The molecule has 0 bridgehead atoms. The summed E-state index contributed by atoms with van der Waals surface area (Å²) in [7, 11) is 0. The molecule has 0 N–H and O–H groups in total. The van der Waals surface area contributed by atoms with Gasteiger partial charge in [0.25, 0.3) is 0 Å². The minimum Gasteiger partial charge on any atom is -0.0622 e. The highest BCUT2D eigenvalue weighted by Gasteiger charge is 2.02. The first-order valence-corrected chi connectivity index (χ1v) is 12.3. The van der Waals surface area contributed by atoms with Crippen molar-refractivity contribution < 1.29 is 0 Å². The van der Waals surface area contributed by atoms with E-state index < -0.39 is 0 Å². The number of fused-ring (bicyclic) bond motifs is 3. The zero-order chi connectivity index (χ0) is 24.4. The highest BCUT2D eigenvalue weighted by Crippen LogP contribution is 2.25. The molecule has 0 heterocycles. The zero-order valence-corrected chi connectivity index (χ0v) is 20.2. The molecule has 0 saturated heterocycles. The molecule has 0 unspecified atom stereocenters. The summed E-state index contributed by atoms with van der Waals surface area (Å²) in [5.41, 5.74) is 4.89. The van der Waals surface area contributed by atoms with Gasteiger partial charge in [0.2, 0.25) is 0 Å². The maximum Gasteiger partial charge on any atom is -0.0105 e. The topological polar surface area (TPSA) is 0 Å². The van der Waals surface area contributed by atoms with Crippen LogP contribution in [0, 0.1) is 0 Å². The van der Waals surface area contributed by atoms with Gasteiger partial charge in [-0.05, 0) is 43.8 Å². The van der Waals surface area contributed by atoms with E-state index in [4.69, 9.17) is 0 Å². The number of hydrogen-bond acceptors (Lipinski definition) is 0. The Balaban J connectivity index is 0.000000163. The van der Waals surface area contributed by atoms with Crippen molar-refractivity contribution in [2.75, 3.05) is 0 Å². The highest BCUT2D eigenvalue weighted by molar-refractivity contribution is 6.07.